The second-order valence-electron chi connectivity index (χ2n) is 6.19. The van der Waals surface area contributed by atoms with Crippen LogP contribution in [0, 0.1) is 0 Å². The number of carbonyl (C=O) groups is 2. The van der Waals surface area contributed by atoms with Crippen LogP contribution >= 0.6 is 23.4 Å². The number of hydrogen-bond donors (Lipinski definition) is 1. The van der Waals surface area contributed by atoms with Crippen molar-refractivity contribution in [2.24, 2.45) is 4.99 Å². The molecule has 0 spiro atoms. The zero-order valence-corrected chi connectivity index (χ0v) is 18.1. The monoisotopic (exact) mass is 446 g/mol. The first-order chi connectivity index (χ1) is 14.3. The molecule has 1 saturated heterocycles. The minimum atomic E-state index is -0.430. The minimum Gasteiger partial charge on any atom is -0.503 e. The summed E-state index contributed by atoms with van der Waals surface area (Å²) < 4.78 is 10.1. The summed E-state index contributed by atoms with van der Waals surface area (Å²) in [5, 5.41) is 10.6. The van der Waals surface area contributed by atoms with Gasteiger partial charge in [-0.05, 0) is 66.7 Å². The van der Waals surface area contributed by atoms with Crippen LogP contribution in [0.15, 0.2) is 46.3 Å². The van der Waals surface area contributed by atoms with Crippen molar-refractivity contribution < 1.29 is 24.2 Å². The molecule has 0 aliphatic carbocycles. The number of thioether (sulfide) groups is 1. The van der Waals surface area contributed by atoms with E-state index in [0.29, 0.717) is 33.5 Å². The maximum Gasteiger partial charge on any atom is 0.337 e. The van der Waals surface area contributed by atoms with Crippen LogP contribution in [0.25, 0.3) is 6.08 Å². The lowest BCUT2D eigenvalue weighted by Gasteiger charge is -2.08. The van der Waals surface area contributed by atoms with E-state index in [-0.39, 0.29) is 22.4 Å². The molecule has 2 aromatic rings. The van der Waals surface area contributed by atoms with Crippen LogP contribution in [0.5, 0.6) is 11.5 Å². The molecule has 2 aromatic carbocycles. The van der Waals surface area contributed by atoms with Gasteiger partial charge in [0, 0.05) is 7.05 Å². The number of nitrogens with zero attached hydrogens (tertiary/aromatic N) is 2. The van der Waals surface area contributed by atoms with Gasteiger partial charge in [0.15, 0.2) is 16.7 Å². The Morgan fingerprint density at radius 1 is 1.30 bits per heavy atom. The van der Waals surface area contributed by atoms with E-state index in [2.05, 4.69) is 9.73 Å². The largest absolute Gasteiger partial charge is 0.503 e. The minimum absolute atomic E-state index is 0.135. The van der Waals surface area contributed by atoms with Gasteiger partial charge in [0.05, 0.1) is 34.9 Å². The molecule has 1 N–H and O–H groups in total. The lowest BCUT2D eigenvalue weighted by atomic mass is 10.2. The van der Waals surface area contributed by atoms with Crippen LogP contribution in [0.2, 0.25) is 5.02 Å². The van der Waals surface area contributed by atoms with Gasteiger partial charge in [-0.2, -0.15) is 0 Å². The molecule has 0 atom stereocenters. The van der Waals surface area contributed by atoms with Crippen molar-refractivity contribution in [3.05, 3.63) is 57.5 Å². The highest BCUT2D eigenvalue weighted by Crippen LogP contribution is 2.38. The van der Waals surface area contributed by atoms with Crippen molar-refractivity contribution in [1.82, 2.24) is 4.90 Å². The van der Waals surface area contributed by atoms with E-state index in [4.69, 9.17) is 16.3 Å². The third kappa shape index (κ3) is 4.60. The average Bonchev–Trinajstić information content (AvgIpc) is 2.99. The van der Waals surface area contributed by atoms with Crippen molar-refractivity contribution in [3.8, 4) is 11.5 Å². The topological polar surface area (TPSA) is 88.4 Å². The molecular formula is C21H19ClN2O5S. The molecule has 0 radical (unpaired) electrons. The second-order valence-corrected chi connectivity index (χ2v) is 7.61. The zero-order chi connectivity index (χ0) is 21.8. The highest BCUT2D eigenvalue weighted by molar-refractivity contribution is 8.18. The number of likely N-dealkylation sites (N-methyl/N-ethyl adjacent to an activating group) is 1. The Hall–Kier alpha value is -2.97. The fourth-order valence-electron chi connectivity index (χ4n) is 2.65. The van der Waals surface area contributed by atoms with Crippen molar-refractivity contribution in [2.75, 3.05) is 20.8 Å². The van der Waals surface area contributed by atoms with E-state index < -0.39 is 5.97 Å². The van der Waals surface area contributed by atoms with E-state index in [9.17, 15) is 14.7 Å². The standard InChI is InChI=1S/C21H19ClN2O5S/c1-4-29-16-10-12(9-15(22)18(16)25)11-17-19(26)24(2)21(30-17)23-14-7-5-13(6-8-14)20(27)28-3/h5-11,25H,4H2,1-3H3/b17-11-,23-21?. The number of aromatic hydroxyl groups is 1. The van der Waals surface area contributed by atoms with Crippen LogP contribution in [0.3, 0.4) is 0 Å². The Bertz CT molecular complexity index is 1050. The van der Waals surface area contributed by atoms with Crippen molar-refractivity contribution >= 4 is 52.2 Å². The van der Waals surface area contributed by atoms with Gasteiger partial charge in [0.1, 0.15) is 0 Å². The number of phenolic OH excluding ortho intramolecular Hbond substituents is 1. The number of esters is 1. The Balaban J connectivity index is 1.87. The molecule has 9 heteroatoms. The number of benzene rings is 2. The predicted octanol–water partition coefficient (Wildman–Crippen LogP) is 4.46. The maximum atomic E-state index is 12.6. The third-order valence-electron chi connectivity index (χ3n) is 4.17. The second kappa shape index (κ2) is 9.23. The molecule has 3 rings (SSSR count). The van der Waals surface area contributed by atoms with Gasteiger partial charge in [0.2, 0.25) is 0 Å². The van der Waals surface area contributed by atoms with E-state index in [1.54, 1.807) is 56.4 Å². The van der Waals surface area contributed by atoms with Gasteiger partial charge in [-0.25, -0.2) is 9.79 Å². The first-order valence-electron chi connectivity index (χ1n) is 8.94. The molecule has 1 aliphatic heterocycles. The van der Waals surface area contributed by atoms with E-state index >= 15 is 0 Å². The van der Waals surface area contributed by atoms with Crippen molar-refractivity contribution in [1.29, 1.82) is 0 Å². The van der Waals surface area contributed by atoms with Crippen LogP contribution in [-0.4, -0.2) is 47.8 Å². The summed E-state index contributed by atoms with van der Waals surface area (Å²) >= 11 is 7.28. The van der Waals surface area contributed by atoms with E-state index in [1.165, 1.54) is 23.8 Å². The summed E-state index contributed by atoms with van der Waals surface area (Å²) in [6.07, 6.45) is 1.67. The maximum absolute atomic E-state index is 12.6. The molecule has 30 heavy (non-hydrogen) atoms. The predicted molar refractivity (Wildman–Crippen MR) is 118 cm³/mol. The number of rotatable bonds is 5. The summed E-state index contributed by atoms with van der Waals surface area (Å²) in [7, 11) is 2.95. The summed E-state index contributed by atoms with van der Waals surface area (Å²) in [6.45, 7) is 2.16. The quantitative estimate of drug-likeness (QED) is 0.538. The summed E-state index contributed by atoms with van der Waals surface area (Å²) in [6, 6.07) is 9.74. The average molecular weight is 447 g/mol. The van der Waals surface area contributed by atoms with Crippen LogP contribution in [-0.2, 0) is 9.53 Å². The lowest BCUT2D eigenvalue weighted by Crippen LogP contribution is -2.23. The number of amides is 1. The number of halogens is 1. The lowest BCUT2D eigenvalue weighted by molar-refractivity contribution is -0.121. The Morgan fingerprint density at radius 2 is 2.00 bits per heavy atom. The van der Waals surface area contributed by atoms with Gasteiger partial charge < -0.3 is 14.6 Å². The van der Waals surface area contributed by atoms with Crippen molar-refractivity contribution in [2.45, 2.75) is 6.92 Å². The number of aliphatic imine (C=N–C) groups is 1. The Kier molecular flexibility index (Phi) is 6.69. The molecule has 1 amide bonds. The highest BCUT2D eigenvalue weighted by Gasteiger charge is 2.30. The van der Waals surface area contributed by atoms with Gasteiger partial charge >= 0.3 is 5.97 Å². The molecule has 7 nitrogen and oxygen atoms in total. The first kappa shape index (κ1) is 21.7. The molecule has 0 unspecified atom stereocenters. The molecule has 0 saturated carbocycles. The van der Waals surface area contributed by atoms with Gasteiger partial charge in [0.25, 0.3) is 5.91 Å². The third-order valence-corrected chi connectivity index (χ3v) is 5.51. The number of phenols is 1. The highest BCUT2D eigenvalue weighted by atomic mass is 35.5. The normalized spacial score (nSPS) is 16.4. The van der Waals surface area contributed by atoms with Crippen LogP contribution in [0.1, 0.15) is 22.8 Å². The number of hydrogen-bond acceptors (Lipinski definition) is 7. The van der Waals surface area contributed by atoms with Crippen LogP contribution in [0.4, 0.5) is 5.69 Å². The fraction of sp³-hybridized carbons (Fsp3) is 0.190. The van der Waals surface area contributed by atoms with E-state index in [1.807, 2.05) is 0 Å². The summed E-state index contributed by atoms with van der Waals surface area (Å²) in [5.74, 6) is -0.533. The molecule has 0 bridgehead atoms. The van der Waals surface area contributed by atoms with Crippen molar-refractivity contribution in [3.63, 3.8) is 0 Å². The molecular weight excluding hydrogens is 428 g/mol. The molecule has 1 heterocycles. The van der Waals surface area contributed by atoms with Crippen LogP contribution < -0.4 is 4.74 Å². The number of amidine groups is 1. The number of carbonyl (C=O) groups excluding carboxylic acids is 2. The Labute approximate surface area is 183 Å². The smallest absolute Gasteiger partial charge is 0.337 e. The zero-order valence-electron chi connectivity index (χ0n) is 16.5. The summed E-state index contributed by atoms with van der Waals surface area (Å²) in [4.78, 5) is 30.5. The number of ether oxygens (including phenoxy) is 2. The number of methoxy groups -OCH3 is 1. The fourth-order valence-corrected chi connectivity index (χ4v) is 3.85. The summed E-state index contributed by atoms with van der Waals surface area (Å²) in [5.41, 5.74) is 1.63. The van der Waals surface area contributed by atoms with E-state index in [0.717, 1.165) is 0 Å². The molecule has 156 valence electrons. The molecule has 0 aromatic heterocycles. The van der Waals surface area contributed by atoms with Gasteiger partial charge in [-0.15, -0.1) is 0 Å². The SMILES string of the molecule is CCOc1cc(/C=C2\SC(=Nc3ccc(C(=O)OC)cc3)N(C)C2=O)cc(Cl)c1O. The van der Waals surface area contributed by atoms with Gasteiger partial charge in [-0.1, -0.05) is 11.6 Å². The van der Waals surface area contributed by atoms with Gasteiger partial charge in [-0.3, -0.25) is 9.69 Å². The molecule has 1 aliphatic rings. The first-order valence-corrected chi connectivity index (χ1v) is 10.1. The Morgan fingerprint density at radius 3 is 2.63 bits per heavy atom. The molecule has 1 fully saturated rings.